The number of aromatic nitrogens is 1. The highest BCUT2D eigenvalue weighted by Gasteiger charge is 2.13. The monoisotopic (exact) mass is 391 g/mol. The van der Waals surface area contributed by atoms with Gasteiger partial charge in [0.2, 0.25) is 6.79 Å². The summed E-state index contributed by atoms with van der Waals surface area (Å²) >= 11 is 1.42. The fourth-order valence-corrected chi connectivity index (χ4v) is 3.26. The first-order valence-corrected chi connectivity index (χ1v) is 9.71. The third-order valence-electron chi connectivity index (χ3n) is 3.93. The quantitative estimate of drug-likeness (QED) is 0.568. The van der Waals surface area contributed by atoms with E-state index >= 15 is 0 Å². The molecule has 0 fully saturated rings. The molecule has 1 aliphatic rings. The normalized spacial score (nSPS) is 12.4. The molecule has 0 unspecified atom stereocenters. The fourth-order valence-electron chi connectivity index (χ4n) is 2.56. The Kier molecular flexibility index (Phi) is 6.86. The molecule has 1 aromatic carbocycles. The number of nitrogens with one attached hydrogen (secondary N) is 3. The second kappa shape index (κ2) is 9.54. The lowest BCUT2D eigenvalue weighted by Gasteiger charge is -2.09. The van der Waals surface area contributed by atoms with Crippen molar-refractivity contribution in [2.75, 3.05) is 39.3 Å². The molecule has 1 aromatic heterocycles. The Labute approximate surface area is 162 Å². The molecule has 8 nitrogen and oxygen atoms in total. The van der Waals surface area contributed by atoms with Gasteiger partial charge in [-0.15, -0.1) is 11.3 Å². The number of hydrogen-bond acceptors (Lipinski definition) is 7. The van der Waals surface area contributed by atoms with Gasteiger partial charge in [-0.1, -0.05) is 6.07 Å². The molecule has 0 spiro atoms. The van der Waals surface area contributed by atoms with Gasteiger partial charge in [0.25, 0.3) is 0 Å². The van der Waals surface area contributed by atoms with Gasteiger partial charge in [0.15, 0.2) is 16.6 Å². The van der Waals surface area contributed by atoms with Gasteiger partial charge in [0, 0.05) is 18.5 Å². The maximum absolute atomic E-state index is 12.1. The van der Waals surface area contributed by atoms with Gasteiger partial charge in [0.1, 0.15) is 0 Å². The van der Waals surface area contributed by atoms with Crippen molar-refractivity contribution >= 4 is 22.5 Å². The van der Waals surface area contributed by atoms with Crippen LogP contribution in [0.15, 0.2) is 23.6 Å². The molecule has 2 amide bonds. The highest BCUT2D eigenvalue weighted by Crippen LogP contribution is 2.32. The van der Waals surface area contributed by atoms with Crippen molar-refractivity contribution < 1.29 is 14.3 Å². The minimum absolute atomic E-state index is 0.240. The van der Waals surface area contributed by atoms with Crippen molar-refractivity contribution in [3.8, 4) is 11.5 Å². The van der Waals surface area contributed by atoms with E-state index in [0.717, 1.165) is 36.5 Å². The van der Waals surface area contributed by atoms with Crippen molar-refractivity contribution in [2.45, 2.75) is 19.5 Å². The summed E-state index contributed by atoms with van der Waals surface area (Å²) in [7, 11) is 4.13. The van der Waals surface area contributed by atoms with E-state index in [1.54, 1.807) is 0 Å². The second-order valence-electron chi connectivity index (χ2n) is 6.47. The molecule has 3 rings (SSSR count). The predicted molar refractivity (Wildman–Crippen MR) is 105 cm³/mol. The van der Waals surface area contributed by atoms with Crippen LogP contribution in [0, 0.1) is 0 Å². The number of carbonyl (C=O) groups excluding carboxylic acids is 1. The first kappa shape index (κ1) is 19.4. The average molecular weight is 391 g/mol. The topological polar surface area (TPSA) is 87.8 Å². The van der Waals surface area contributed by atoms with Gasteiger partial charge in [0.05, 0.1) is 5.69 Å². The van der Waals surface area contributed by atoms with E-state index < -0.39 is 0 Å². The summed E-state index contributed by atoms with van der Waals surface area (Å²) in [5, 5.41) is 11.5. The summed E-state index contributed by atoms with van der Waals surface area (Å²) in [6, 6.07) is 5.33. The zero-order valence-corrected chi connectivity index (χ0v) is 16.4. The first-order chi connectivity index (χ1) is 13.1. The summed E-state index contributed by atoms with van der Waals surface area (Å²) in [6.45, 7) is 3.33. The Morgan fingerprint density at radius 3 is 2.96 bits per heavy atom. The summed E-state index contributed by atoms with van der Waals surface area (Å²) < 4.78 is 10.6. The Morgan fingerprint density at radius 1 is 1.26 bits per heavy atom. The number of anilines is 1. The number of thiazole rings is 1. The van der Waals surface area contributed by atoms with E-state index in [2.05, 4.69) is 39.9 Å². The van der Waals surface area contributed by atoms with Crippen LogP contribution in [0.2, 0.25) is 0 Å². The van der Waals surface area contributed by atoms with Crippen molar-refractivity contribution in [2.24, 2.45) is 0 Å². The summed E-state index contributed by atoms with van der Waals surface area (Å²) in [5.74, 6) is 1.44. The van der Waals surface area contributed by atoms with E-state index in [1.807, 2.05) is 23.6 Å². The first-order valence-electron chi connectivity index (χ1n) is 8.83. The molecule has 2 aromatic rings. The number of nitrogens with zero attached hydrogens (tertiary/aromatic N) is 2. The molecule has 0 saturated heterocycles. The van der Waals surface area contributed by atoms with Crippen molar-refractivity contribution in [1.82, 2.24) is 20.5 Å². The Morgan fingerprint density at radius 2 is 2.11 bits per heavy atom. The molecular weight excluding hydrogens is 366 g/mol. The summed E-state index contributed by atoms with van der Waals surface area (Å²) in [4.78, 5) is 18.6. The number of ether oxygens (including phenoxy) is 2. The maximum atomic E-state index is 12.1. The molecule has 9 heteroatoms. The zero-order chi connectivity index (χ0) is 19.1. The van der Waals surface area contributed by atoms with E-state index in [1.165, 1.54) is 11.3 Å². The minimum atomic E-state index is -0.285. The molecule has 0 radical (unpaired) electrons. The zero-order valence-electron chi connectivity index (χ0n) is 15.6. The van der Waals surface area contributed by atoms with Gasteiger partial charge >= 0.3 is 6.03 Å². The van der Waals surface area contributed by atoms with Crippen LogP contribution in [0.1, 0.15) is 17.7 Å². The lowest BCUT2D eigenvalue weighted by Crippen LogP contribution is -2.28. The third-order valence-corrected chi connectivity index (χ3v) is 4.73. The van der Waals surface area contributed by atoms with Crippen LogP contribution in [0.5, 0.6) is 11.5 Å². The molecule has 27 heavy (non-hydrogen) atoms. The molecular formula is C18H25N5O3S. The second-order valence-corrected chi connectivity index (χ2v) is 7.33. The predicted octanol–water partition coefficient (Wildman–Crippen LogP) is 2.23. The van der Waals surface area contributed by atoms with E-state index in [-0.39, 0.29) is 12.8 Å². The third kappa shape index (κ3) is 6.09. The molecule has 0 aliphatic carbocycles. The van der Waals surface area contributed by atoms with E-state index in [0.29, 0.717) is 24.0 Å². The van der Waals surface area contributed by atoms with Crippen molar-refractivity contribution in [1.29, 1.82) is 0 Å². The van der Waals surface area contributed by atoms with Crippen LogP contribution in [-0.4, -0.2) is 49.9 Å². The lowest BCUT2D eigenvalue weighted by atomic mass is 10.2. The van der Waals surface area contributed by atoms with Crippen LogP contribution >= 0.6 is 11.3 Å². The van der Waals surface area contributed by atoms with Gasteiger partial charge in [-0.2, -0.15) is 0 Å². The Hall–Kier alpha value is -2.36. The van der Waals surface area contributed by atoms with Crippen molar-refractivity contribution in [3.05, 3.63) is 34.8 Å². The maximum Gasteiger partial charge on any atom is 0.321 e. The summed E-state index contributed by atoms with van der Waals surface area (Å²) in [6.07, 6.45) is 1.09. The number of urea groups is 1. The van der Waals surface area contributed by atoms with Crippen LogP contribution in [0.25, 0.3) is 0 Å². The molecule has 2 heterocycles. The number of amides is 2. The molecule has 0 saturated carbocycles. The van der Waals surface area contributed by atoms with Crippen LogP contribution in [0.3, 0.4) is 0 Å². The molecule has 3 N–H and O–H groups in total. The molecule has 1 aliphatic heterocycles. The van der Waals surface area contributed by atoms with Crippen molar-refractivity contribution in [3.63, 3.8) is 0 Å². The Balaban J connectivity index is 1.37. The number of fused-ring (bicyclic) bond motifs is 1. The van der Waals surface area contributed by atoms with Crippen LogP contribution < -0.4 is 25.4 Å². The summed E-state index contributed by atoms with van der Waals surface area (Å²) in [5.41, 5.74) is 1.87. The molecule has 146 valence electrons. The number of carbonyl (C=O) groups is 1. The number of rotatable bonds is 9. The largest absolute Gasteiger partial charge is 0.454 e. The van der Waals surface area contributed by atoms with Gasteiger partial charge in [-0.05, 0) is 51.3 Å². The highest BCUT2D eigenvalue weighted by atomic mass is 32.1. The standard InChI is InChI=1S/C18H25N5O3S/c1-23(2)7-3-6-19-10-14-11-27-18(21-14)22-17(24)20-9-13-4-5-15-16(8-13)26-12-25-15/h4-5,8,11,19H,3,6-7,9-10,12H2,1-2H3,(H2,20,21,22,24). The lowest BCUT2D eigenvalue weighted by molar-refractivity contribution is 0.174. The fraction of sp³-hybridized carbons (Fsp3) is 0.444. The molecule has 0 atom stereocenters. The van der Waals surface area contributed by atoms with Gasteiger partial charge in [-0.25, -0.2) is 9.78 Å². The van der Waals surface area contributed by atoms with Crippen LogP contribution in [0.4, 0.5) is 9.93 Å². The van der Waals surface area contributed by atoms with E-state index in [4.69, 9.17) is 9.47 Å². The van der Waals surface area contributed by atoms with Gasteiger partial charge in [-0.3, -0.25) is 5.32 Å². The van der Waals surface area contributed by atoms with Gasteiger partial charge < -0.3 is 25.0 Å². The smallest absolute Gasteiger partial charge is 0.321 e. The molecule has 0 bridgehead atoms. The SMILES string of the molecule is CN(C)CCCNCc1csc(NC(=O)NCc2ccc3c(c2)OCO3)n1. The number of hydrogen-bond donors (Lipinski definition) is 3. The number of benzene rings is 1. The Bertz CT molecular complexity index is 765. The highest BCUT2D eigenvalue weighted by molar-refractivity contribution is 7.13. The van der Waals surface area contributed by atoms with E-state index in [9.17, 15) is 4.79 Å². The minimum Gasteiger partial charge on any atom is -0.454 e. The average Bonchev–Trinajstić information content (AvgIpc) is 3.28. The van der Waals surface area contributed by atoms with Crippen LogP contribution in [-0.2, 0) is 13.1 Å².